The highest BCUT2D eigenvalue weighted by Crippen LogP contribution is 2.25. The van der Waals surface area contributed by atoms with E-state index in [1.165, 1.54) is 0 Å². The van der Waals surface area contributed by atoms with Gasteiger partial charge >= 0.3 is 0 Å². The van der Waals surface area contributed by atoms with Gasteiger partial charge < -0.3 is 4.90 Å². The van der Waals surface area contributed by atoms with E-state index in [4.69, 9.17) is 4.98 Å². The summed E-state index contributed by atoms with van der Waals surface area (Å²) in [4.78, 5) is 33.5. The molecule has 3 aromatic rings. The Hall–Kier alpha value is -2.95. The van der Waals surface area contributed by atoms with Crippen LogP contribution in [-0.2, 0) is 11.2 Å². The van der Waals surface area contributed by atoms with Crippen molar-refractivity contribution in [3.8, 4) is 5.69 Å². The standard InChI is InChI=1S/C26H33N3O2/c1-5-8-18-28(24(30)13-6-2)19(4)25-27-22-16-11-10-15-21(22)26(31)29(25)23-17-12-9-14-20(23)7-3/h9-12,14-17,19H,5-8,13,18H2,1-4H3. The third-order valence-corrected chi connectivity index (χ3v) is 5.79. The molecule has 0 aliphatic heterocycles. The maximum absolute atomic E-state index is 13.7. The molecule has 0 fully saturated rings. The van der Waals surface area contributed by atoms with Gasteiger partial charge in [-0.2, -0.15) is 0 Å². The second-order valence-corrected chi connectivity index (χ2v) is 7.98. The van der Waals surface area contributed by atoms with E-state index in [2.05, 4.69) is 13.8 Å². The molecule has 1 heterocycles. The zero-order chi connectivity index (χ0) is 22.4. The number of carbonyl (C=O) groups excluding carboxylic acids is 1. The second-order valence-electron chi connectivity index (χ2n) is 7.98. The first-order valence-electron chi connectivity index (χ1n) is 11.4. The molecule has 0 aliphatic carbocycles. The van der Waals surface area contributed by atoms with Crippen LogP contribution in [0.15, 0.2) is 53.3 Å². The molecule has 2 aromatic carbocycles. The number of fused-ring (bicyclic) bond motifs is 1. The van der Waals surface area contributed by atoms with Crippen molar-refractivity contribution in [3.05, 3.63) is 70.3 Å². The number of rotatable bonds is 9. The molecular formula is C26H33N3O2. The molecule has 0 bridgehead atoms. The molecule has 0 saturated heterocycles. The fraction of sp³-hybridized carbons (Fsp3) is 0.423. The first-order chi connectivity index (χ1) is 15.0. The minimum atomic E-state index is -0.312. The smallest absolute Gasteiger partial charge is 0.266 e. The molecule has 1 aromatic heterocycles. The summed E-state index contributed by atoms with van der Waals surface area (Å²) in [6.07, 6.45) is 4.02. The van der Waals surface area contributed by atoms with E-state index in [0.717, 1.165) is 36.9 Å². The quantitative estimate of drug-likeness (QED) is 0.464. The fourth-order valence-electron chi connectivity index (χ4n) is 4.05. The molecule has 0 aliphatic rings. The van der Waals surface area contributed by atoms with E-state index in [0.29, 0.717) is 29.7 Å². The Labute approximate surface area is 184 Å². The van der Waals surface area contributed by atoms with Crippen molar-refractivity contribution in [2.75, 3.05) is 6.54 Å². The van der Waals surface area contributed by atoms with Crippen LogP contribution in [0, 0.1) is 0 Å². The zero-order valence-corrected chi connectivity index (χ0v) is 19.1. The summed E-state index contributed by atoms with van der Waals surface area (Å²) in [5, 5.41) is 0.587. The molecule has 5 nitrogen and oxygen atoms in total. The molecule has 1 atom stereocenters. The Morgan fingerprint density at radius 1 is 1.03 bits per heavy atom. The molecule has 3 rings (SSSR count). The summed E-state index contributed by atoms with van der Waals surface area (Å²) in [7, 11) is 0. The Kier molecular flexibility index (Phi) is 7.61. The number of amides is 1. The van der Waals surface area contributed by atoms with E-state index >= 15 is 0 Å². The van der Waals surface area contributed by atoms with Crippen LogP contribution in [0.25, 0.3) is 16.6 Å². The minimum Gasteiger partial charge on any atom is -0.333 e. The second kappa shape index (κ2) is 10.4. The van der Waals surface area contributed by atoms with Gasteiger partial charge in [0, 0.05) is 13.0 Å². The average Bonchev–Trinajstić information content (AvgIpc) is 2.79. The van der Waals surface area contributed by atoms with E-state index < -0.39 is 0 Å². The molecule has 31 heavy (non-hydrogen) atoms. The first kappa shape index (κ1) is 22.7. The van der Waals surface area contributed by atoms with Gasteiger partial charge in [-0.05, 0) is 49.9 Å². The number of para-hydroxylation sites is 2. The lowest BCUT2D eigenvalue weighted by Crippen LogP contribution is -2.38. The van der Waals surface area contributed by atoms with E-state index in [1.807, 2.05) is 67.3 Å². The van der Waals surface area contributed by atoms with Gasteiger partial charge in [0.25, 0.3) is 5.56 Å². The molecule has 0 N–H and O–H groups in total. The van der Waals surface area contributed by atoms with Gasteiger partial charge in [0.05, 0.1) is 22.6 Å². The molecule has 0 saturated carbocycles. The maximum atomic E-state index is 13.7. The highest BCUT2D eigenvalue weighted by Gasteiger charge is 2.26. The third-order valence-electron chi connectivity index (χ3n) is 5.79. The van der Waals surface area contributed by atoms with Crippen LogP contribution >= 0.6 is 0 Å². The largest absolute Gasteiger partial charge is 0.333 e. The predicted octanol–water partition coefficient (Wildman–Crippen LogP) is 5.44. The van der Waals surface area contributed by atoms with Crippen LogP contribution in [-0.4, -0.2) is 26.9 Å². The molecule has 0 spiro atoms. The first-order valence-corrected chi connectivity index (χ1v) is 11.4. The van der Waals surface area contributed by atoms with Gasteiger partial charge in [-0.25, -0.2) is 4.98 Å². The van der Waals surface area contributed by atoms with Crippen molar-refractivity contribution in [1.82, 2.24) is 14.5 Å². The van der Waals surface area contributed by atoms with Crippen molar-refractivity contribution in [2.24, 2.45) is 0 Å². The number of carbonyl (C=O) groups is 1. The Morgan fingerprint density at radius 3 is 2.45 bits per heavy atom. The Balaban J connectivity index is 2.26. The van der Waals surface area contributed by atoms with Crippen molar-refractivity contribution in [3.63, 3.8) is 0 Å². The van der Waals surface area contributed by atoms with Gasteiger partial charge in [0.15, 0.2) is 0 Å². The zero-order valence-electron chi connectivity index (χ0n) is 19.1. The van der Waals surface area contributed by atoms with Crippen LogP contribution in [0.4, 0.5) is 0 Å². The lowest BCUT2D eigenvalue weighted by Gasteiger charge is -2.31. The van der Waals surface area contributed by atoms with Crippen molar-refractivity contribution >= 4 is 16.8 Å². The fourth-order valence-corrected chi connectivity index (χ4v) is 4.05. The third kappa shape index (κ3) is 4.71. The molecule has 164 valence electrons. The number of unbranched alkanes of at least 4 members (excludes halogenated alkanes) is 1. The molecule has 0 radical (unpaired) electrons. The minimum absolute atomic E-state index is 0.0910. The lowest BCUT2D eigenvalue weighted by atomic mass is 10.1. The lowest BCUT2D eigenvalue weighted by molar-refractivity contribution is -0.133. The van der Waals surface area contributed by atoms with Crippen molar-refractivity contribution in [1.29, 1.82) is 0 Å². The SMILES string of the molecule is CCCCN(C(=O)CCC)C(C)c1nc2ccccc2c(=O)n1-c1ccccc1CC. The van der Waals surface area contributed by atoms with Crippen molar-refractivity contribution in [2.45, 2.75) is 65.8 Å². The van der Waals surface area contributed by atoms with Crippen LogP contribution in [0.3, 0.4) is 0 Å². The summed E-state index contributed by atoms with van der Waals surface area (Å²) >= 11 is 0. The highest BCUT2D eigenvalue weighted by molar-refractivity contribution is 5.79. The van der Waals surface area contributed by atoms with Crippen molar-refractivity contribution < 1.29 is 4.79 Å². The maximum Gasteiger partial charge on any atom is 0.266 e. The number of nitrogens with zero attached hydrogens (tertiary/aromatic N) is 3. The summed E-state index contributed by atoms with van der Waals surface area (Å²) < 4.78 is 1.73. The molecular weight excluding hydrogens is 386 g/mol. The number of benzene rings is 2. The Bertz CT molecular complexity index is 1100. The monoisotopic (exact) mass is 419 g/mol. The average molecular weight is 420 g/mol. The summed E-state index contributed by atoms with van der Waals surface area (Å²) in [5.74, 6) is 0.728. The van der Waals surface area contributed by atoms with Gasteiger partial charge in [0.1, 0.15) is 5.82 Å². The van der Waals surface area contributed by atoms with Gasteiger partial charge in [-0.1, -0.05) is 57.5 Å². The summed E-state index contributed by atoms with van der Waals surface area (Å²) in [6, 6.07) is 15.1. The van der Waals surface area contributed by atoms with Gasteiger partial charge in [0.2, 0.25) is 5.91 Å². The van der Waals surface area contributed by atoms with E-state index in [1.54, 1.807) is 4.57 Å². The number of aryl methyl sites for hydroxylation is 1. The van der Waals surface area contributed by atoms with Crippen LogP contribution < -0.4 is 5.56 Å². The van der Waals surface area contributed by atoms with Crippen LogP contribution in [0.5, 0.6) is 0 Å². The number of hydrogen-bond donors (Lipinski definition) is 0. The summed E-state index contributed by atoms with van der Waals surface area (Å²) in [5.41, 5.74) is 2.49. The molecule has 1 unspecified atom stereocenters. The van der Waals surface area contributed by atoms with Gasteiger partial charge in [-0.15, -0.1) is 0 Å². The van der Waals surface area contributed by atoms with Crippen LogP contribution in [0.2, 0.25) is 0 Å². The van der Waals surface area contributed by atoms with E-state index in [-0.39, 0.29) is 17.5 Å². The molecule has 1 amide bonds. The summed E-state index contributed by atoms with van der Waals surface area (Å²) in [6.45, 7) is 8.87. The number of aromatic nitrogens is 2. The topological polar surface area (TPSA) is 55.2 Å². The molecule has 5 heteroatoms. The van der Waals surface area contributed by atoms with Gasteiger partial charge in [-0.3, -0.25) is 14.2 Å². The van der Waals surface area contributed by atoms with E-state index in [9.17, 15) is 9.59 Å². The van der Waals surface area contributed by atoms with Crippen LogP contribution in [0.1, 0.15) is 70.8 Å². The number of hydrogen-bond acceptors (Lipinski definition) is 3. The Morgan fingerprint density at radius 2 is 1.74 bits per heavy atom. The normalized spacial score (nSPS) is 12.1. The highest BCUT2D eigenvalue weighted by atomic mass is 16.2. The predicted molar refractivity (Wildman–Crippen MR) is 127 cm³/mol.